The van der Waals surface area contributed by atoms with Crippen LogP contribution in [0.15, 0.2) is 0 Å². The third-order valence-electron chi connectivity index (χ3n) is 5.71. The topological polar surface area (TPSA) is 60.9 Å². The predicted octanol–water partition coefficient (Wildman–Crippen LogP) is 0.902. The summed E-state index contributed by atoms with van der Waals surface area (Å²) in [4.78, 5) is 29.2. The monoisotopic (exact) mass is 292 g/mol. The van der Waals surface area contributed by atoms with E-state index in [0.29, 0.717) is 12.8 Å². The second-order valence-electron chi connectivity index (χ2n) is 7.22. The van der Waals surface area contributed by atoms with Crippen molar-refractivity contribution in [2.24, 2.45) is 5.92 Å². The first-order valence-corrected chi connectivity index (χ1v) is 8.46. The van der Waals surface area contributed by atoms with Gasteiger partial charge in [0.25, 0.3) is 0 Å². The minimum atomic E-state index is -0.251. The normalized spacial score (nSPS) is 38.9. The Hall–Kier alpha value is -1.10. The zero-order valence-corrected chi connectivity index (χ0v) is 12.4. The summed E-state index contributed by atoms with van der Waals surface area (Å²) in [6.45, 7) is 0.748. The summed E-state index contributed by atoms with van der Waals surface area (Å²) in [6.07, 6.45) is 6.95. The lowest BCUT2D eigenvalue weighted by Gasteiger charge is -2.40. The highest BCUT2D eigenvalue weighted by Gasteiger charge is 2.48. The molecule has 4 rings (SSSR count). The van der Waals surface area contributed by atoms with Gasteiger partial charge in [-0.2, -0.15) is 0 Å². The van der Waals surface area contributed by atoms with E-state index in [9.17, 15) is 14.7 Å². The summed E-state index contributed by atoms with van der Waals surface area (Å²) >= 11 is 0. The Labute approximate surface area is 125 Å². The van der Waals surface area contributed by atoms with Gasteiger partial charge in [0.05, 0.1) is 6.10 Å². The van der Waals surface area contributed by atoms with Crippen molar-refractivity contribution in [2.45, 2.75) is 75.6 Å². The Kier molecular flexibility index (Phi) is 3.21. The molecule has 3 saturated heterocycles. The summed E-state index contributed by atoms with van der Waals surface area (Å²) in [6, 6.07) is 0.172. The summed E-state index contributed by atoms with van der Waals surface area (Å²) < 4.78 is 0. The van der Waals surface area contributed by atoms with Gasteiger partial charge in [0.2, 0.25) is 11.8 Å². The molecule has 3 heterocycles. The van der Waals surface area contributed by atoms with Gasteiger partial charge in [-0.05, 0) is 51.4 Å². The van der Waals surface area contributed by atoms with E-state index < -0.39 is 0 Å². The van der Waals surface area contributed by atoms with Gasteiger partial charge < -0.3 is 14.9 Å². The maximum Gasteiger partial charge on any atom is 0.245 e. The average molecular weight is 292 g/mol. The van der Waals surface area contributed by atoms with Crippen LogP contribution in [0.25, 0.3) is 0 Å². The molecule has 0 aromatic carbocycles. The van der Waals surface area contributed by atoms with Gasteiger partial charge in [0.1, 0.15) is 6.04 Å². The first kappa shape index (κ1) is 13.6. The van der Waals surface area contributed by atoms with Crippen LogP contribution in [0.5, 0.6) is 0 Å². The number of fused-ring (bicyclic) bond motifs is 2. The summed E-state index contributed by atoms with van der Waals surface area (Å²) in [5.41, 5.74) is 0. The highest BCUT2D eigenvalue weighted by Crippen LogP contribution is 2.39. The molecular weight excluding hydrogens is 268 g/mol. The molecule has 1 N–H and O–H groups in total. The van der Waals surface area contributed by atoms with Gasteiger partial charge in [-0.25, -0.2) is 0 Å². The van der Waals surface area contributed by atoms with Gasteiger partial charge in [-0.1, -0.05) is 0 Å². The second kappa shape index (κ2) is 4.97. The SMILES string of the molecule is O=C(C1CC1)N1CCCC1C(=O)N1C2CCC1CC(O)C2. The molecule has 0 spiro atoms. The minimum Gasteiger partial charge on any atom is -0.393 e. The fourth-order valence-electron chi connectivity index (χ4n) is 4.53. The number of hydrogen-bond acceptors (Lipinski definition) is 3. The smallest absolute Gasteiger partial charge is 0.245 e. The molecule has 5 nitrogen and oxygen atoms in total. The minimum absolute atomic E-state index is 0.154. The molecule has 2 amide bonds. The molecule has 116 valence electrons. The molecule has 3 atom stereocenters. The van der Waals surface area contributed by atoms with E-state index in [4.69, 9.17) is 0 Å². The van der Waals surface area contributed by atoms with E-state index in [2.05, 4.69) is 0 Å². The fraction of sp³-hybridized carbons (Fsp3) is 0.875. The summed E-state index contributed by atoms with van der Waals surface area (Å²) in [5, 5.41) is 9.87. The summed E-state index contributed by atoms with van der Waals surface area (Å²) in [5.74, 6) is 0.550. The highest BCUT2D eigenvalue weighted by molar-refractivity contribution is 5.90. The average Bonchev–Trinajstić information content (AvgIpc) is 3.13. The molecule has 5 heteroatoms. The van der Waals surface area contributed by atoms with Crippen molar-refractivity contribution in [1.82, 2.24) is 9.80 Å². The van der Waals surface area contributed by atoms with Crippen molar-refractivity contribution in [3.63, 3.8) is 0 Å². The molecule has 0 aromatic rings. The molecule has 0 radical (unpaired) electrons. The zero-order chi connectivity index (χ0) is 14.6. The number of hydrogen-bond donors (Lipinski definition) is 1. The van der Waals surface area contributed by atoms with Crippen LogP contribution in [0.1, 0.15) is 51.4 Å². The number of aliphatic hydroxyl groups is 1. The third kappa shape index (κ3) is 2.26. The quantitative estimate of drug-likeness (QED) is 0.822. The second-order valence-corrected chi connectivity index (χ2v) is 7.22. The molecule has 4 fully saturated rings. The molecule has 1 saturated carbocycles. The molecule has 3 aliphatic heterocycles. The lowest BCUT2D eigenvalue weighted by Crippen LogP contribution is -2.55. The molecule has 3 unspecified atom stereocenters. The van der Waals surface area contributed by atoms with E-state index in [1.165, 1.54) is 0 Å². The highest BCUT2D eigenvalue weighted by atomic mass is 16.3. The predicted molar refractivity (Wildman–Crippen MR) is 76.4 cm³/mol. The molecule has 1 aliphatic carbocycles. The van der Waals surface area contributed by atoms with Gasteiger partial charge in [0, 0.05) is 24.5 Å². The number of rotatable bonds is 2. The maximum absolute atomic E-state index is 13.0. The number of aliphatic hydroxyl groups excluding tert-OH is 1. The van der Waals surface area contributed by atoms with Crippen LogP contribution in [0, 0.1) is 5.92 Å². The Morgan fingerprint density at radius 2 is 1.57 bits per heavy atom. The molecular formula is C16H24N2O3. The number of carbonyl (C=O) groups excluding carboxylic acids is 2. The lowest BCUT2D eigenvalue weighted by atomic mass is 9.98. The van der Waals surface area contributed by atoms with Crippen molar-refractivity contribution < 1.29 is 14.7 Å². The number of carbonyl (C=O) groups is 2. The molecule has 4 aliphatic rings. The van der Waals surface area contributed by atoms with Crippen LogP contribution in [0.2, 0.25) is 0 Å². The van der Waals surface area contributed by atoms with Crippen LogP contribution in [-0.4, -0.2) is 57.5 Å². The standard InChI is InChI=1S/C16H24N2O3/c19-13-8-11-5-6-12(9-13)18(11)16(21)14-2-1-7-17(14)15(20)10-3-4-10/h10-14,19H,1-9H2. The Balaban J connectivity index is 1.50. The van der Waals surface area contributed by atoms with E-state index in [1.54, 1.807) is 0 Å². The van der Waals surface area contributed by atoms with Crippen LogP contribution >= 0.6 is 0 Å². The van der Waals surface area contributed by atoms with Gasteiger partial charge in [0.15, 0.2) is 0 Å². The largest absolute Gasteiger partial charge is 0.393 e. The Bertz CT molecular complexity index is 448. The van der Waals surface area contributed by atoms with Crippen molar-refractivity contribution in [3.8, 4) is 0 Å². The van der Waals surface area contributed by atoms with E-state index in [-0.39, 0.29) is 42.0 Å². The van der Waals surface area contributed by atoms with E-state index in [0.717, 1.165) is 45.1 Å². The van der Waals surface area contributed by atoms with Gasteiger partial charge >= 0.3 is 0 Å². The van der Waals surface area contributed by atoms with Crippen molar-refractivity contribution in [2.75, 3.05) is 6.54 Å². The first-order chi connectivity index (χ1) is 10.1. The van der Waals surface area contributed by atoms with Crippen LogP contribution in [-0.2, 0) is 9.59 Å². The molecule has 2 bridgehead atoms. The Morgan fingerprint density at radius 3 is 2.19 bits per heavy atom. The summed E-state index contributed by atoms with van der Waals surface area (Å²) in [7, 11) is 0. The van der Waals surface area contributed by atoms with Crippen molar-refractivity contribution in [1.29, 1.82) is 0 Å². The first-order valence-electron chi connectivity index (χ1n) is 8.46. The van der Waals surface area contributed by atoms with E-state index >= 15 is 0 Å². The number of likely N-dealkylation sites (tertiary alicyclic amines) is 1. The number of amides is 2. The fourth-order valence-corrected chi connectivity index (χ4v) is 4.53. The van der Waals surface area contributed by atoms with Crippen LogP contribution in [0.3, 0.4) is 0 Å². The third-order valence-corrected chi connectivity index (χ3v) is 5.71. The molecule has 21 heavy (non-hydrogen) atoms. The van der Waals surface area contributed by atoms with Crippen molar-refractivity contribution in [3.05, 3.63) is 0 Å². The zero-order valence-electron chi connectivity index (χ0n) is 12.4. The van der Waals surface area contributed by atoms with Crippen LogP contribution in [0.4, 0.5) is 0 Å². The van der Waals surface area contributed by atoms with Gasteiger partial charge in [-0.3, -0.25) is 9.59 Å². The number of nitrogens with zero attached hydrogens (tertiary/aromatic N) is 2. The Morgan fingerprint density at radius 1 is 0.905 bits per heavy atom. The van der Waals surface area contributed by atoms with Crippen LogP contribution < -0.4 is 0 Å². The van der Waals surface area contributed by atoms with Gasteiger partial charge in [-0.15, -0.1) is 0 Å². The number of piperidine rings is 1. The van der Waals surface area contributed by atoms with E-state index in [1.807, 2.05) is 9.80 Å². The lowest BCUT2D eigenvalue weighted by molar-refractivity contribution is -0.148. The maximum atomic E-state index is 13.0. The van der Waals surface area contributed by atoms with Crippen molar-refractivity contribution >= 4 is 11.8 Å². The molecule has 0 aromatic heterocycles.